The highest BCUT2D eigenvalue weighted by Crippen LogP contribution is 2.38. The maximum atomic E-state index is 13.9. The predicted molar refractivity (Wildman–Crippen MR) is 110 cm³/mol. The first-order valence-corrected chi connectivity index (χ1v) is 9.69. The SMILES string of the molecule is Cc1c(O[C@H](c2ccc(C(N)O)cc2)c2cccc(F)c2)ccc2c1OCCC2=O. The molecule has 5 nitrogen and oxygen atoms in total. The quantitative estimate of drug-likeness (QED) is 0.619. The van der Waals surface area contributed by atoms with E-state index in [4.69, 9.17) is 15.2 Å². The molecule has 154 valence electrons. The fourth-order valence-corrected chi connectivity index (χ4v) is 3.58. The number of carbonyl (C=O) groups excluding carboxylic acids is 1. The third-order valence-corrected chi connectivity index (χ3v) is 5.21. The Morgan fingerprint density at radius 3 is 2.50 bits per heavy atom. The summed E-state index contributed by atoms with van der Waals surface area (Å²) < 4.78 is 26.0. The van der Waals surface area contributed by atoms with Crippen LogP contribution in [0, 0.1) is 12.7 Å². The number of aliphatic hydroxyl groups is 1. The molecule has 0 fully saturated rings. The molecule has 0 saturated heterocycles. The molecule has 3 N–H and O–H groups in total. The highest BCUT2D eigenvalue weighted by molar-refractivity contribution is 6.00. The van der Waals surface area contributed by atoms with Gasteiger partial charge in [-0.25, -0.2) is 4.39 Å². The predicted octanol–water partition coefficient (Wildman–Crippen LogP) is 4.22. The second-order valence-corrected chi connectivity index (χ2v) is 7.25. The topological polar surface area (TPSA) is 81.8 Å². The number of fused-ring (bicyclic) bond motifs is 1. The average molecular weight is 407 g/mol. The van der Waals surface area contributed by atoms with Crippen molar-refractivity contribution in [2.45, 2.75) is 25.7 Å². The minimum atomic E-state index is -1.08. The smallest absolute Gasteiger partial charge is 0.170 e. The molecular formula is C24H22FNO4. The van der Waals surface area contributed by atoms with Crippen LogP contribution in [-0.2, 0) is 0 Å². The Labute approximate surface area is 173 Å². The fourth-order valence-electron chi connectivity index (χ4n) is 3.58. The number of rotatable bonds is 5. The number of halogens is 1. The van der Waals surface area contributed by atoms with Crippen LogP contribution in [0.25, 0.3) is 0 Å². The molecule has 1 aliphatic rings. The molecule has 30 heavy (non-hydrogen) atoms. The lowest BCUT2D eigenvalue weighted by molar-refractivity contribution is 0.0932. The molecule has 6 heteroatoms. The molecular weight excluding hydrogens is 385 g/mol. The molecule has 3 aromatic rings. The molecule has 0 radical (unpaired) electrons. The maximum Gasteiger partial charge on any atom is 0.170 e. The van der Waals surface area contributed by atoms with E-state index in [-0.39, 0.29) is 11.6 Å². The van der Waals surface area contributed by atoms with Crippen LogP contribution >= 0.6 is 0 Å². The first-order chi connectivity index (χ1) is 14.4. The summed E-state index contributed by atoms with van der Waals surface area (Å²) in [5.74, 6) is 0.749. The minimum Gasteiger partial charge on any atom is -0.492 e. The lowest BCUT2D eigenvalue weighted by atomic mass is 9.98. The van der Waals surface area contributed by atoms with Crippen LogP contribution in [0.5, 0.6) is 11.5 Å². The molecule has 1 unspecified atom stereocenters. The van der Waals surface area contributed by atoms with Gasteiger partial charge < -0.3 is 20.3 Å². The Balaban J connectivity index is 1.75. The highest BCUT2D eigenvalue weighted by Gasteiger charge is 2.24. The summed E-state index contributed by atoms with van der Waals surface area (Å²) in [4.78, 5) is 12.1. The van der Waals surface area contributed by atoms with Gasteiger partial charge in [0.15, 0.2) is 5.78 Å². The zero-order chi connectivity index (χ0) is 21.3. The number of ether oxygens (including phenoxy) is 2. The van der Waals surface area contributed by atoms with Crippen molar-refractivity contribution in [1.82, 2.24) is 0 Å². The van der Waals surface area contributed by atoms with Gasteiger partial charge in [0.05, 0.1) is 12.2 Å². The van der Waals surface area contributed by atoms with E-state index >= 15 is 0 Å². The van der Waals surface area contributed by atoms with Crippen LogP contribution < -0.4 is 15.2 Å². The number of ketones is 1. The van der Waals surface area contributed by atoms with E-state index in [1.54, 1.807) is 48.5 Å². The van der Waals surface area contributed by atoms with Crippen molar-refractivity contribution >= 4 is 5.78 Å². The van der Waals surface area contributed by atoms with E-state index in [1.807, 2.05) is 6.92 Å². The number of hydrogen-bond acceptors (Lipinski definition) is 5. The second-order valence-electron chi connectivity index (χ2n) is 7.25. The molecule has 2 atom stereocenters. The van der Waals surface area contributed by atoms with E-state index in [0.29, 0.717) is 41.2 Å². The molecule has 0 aromatic heterocycles. The van der Waals surface area contributed by atoms with Gasteiger partial charge in [-0.2, -0.15) is 0 Å². The van der Waals surface area contributed by atoms with Gasteiger partial charge in [-0.3, -0.25) is 4.79 Å². The zero-order valence-electron chi connectivity index (χ0n) is 16.5. The van der Waals surface area contributed by atoms with Gasteiger partial charge in [0.25, 0.3) is 0 Å². The van der Waals surface area contributed by atoms with Gasteiger partial charge in [-0.15, -0.1) is 0 Å². The summed E-state index contributed by atoms with van der Waals surface area (Å²) in [5, 5.41) is 9.57. The maximum absolute atomic E-state index is 13.9. The minimum absolute atomic E-state index is 0.0449. The van der Waals surface area contributed by atoms with Gasteiger partial charge in [0, 0.05) is 12.0 Å². The summed E-state index contributed by atoms with van der Waals surface area (Å²) in [5.41, 5.74) is 8.75. The monoisotopic (exact) mass is 407 g/mol. The Morgan fingerprint density at radius 2 is 1.80 bits per heavy atom. The van der Waals surface area contributed by atoms with Gasteiger partial charge in [-0.05, 0) is 47.9 Å². The molecule has 3 aromatic carbocycles. The molecule has 0 aliphatic carbocycles. The molecule has 1 heterocycles. The first-order valence-electron chi connectivity index (χ1n) is 9.69. The van der Waals surface area contributed by atoms with Gasteiger partial charge in [0.2, 0.25) is 0 Å². The zero-order valence-corrected chi connectivity index (χ0v) is 16.5. The Hall–Kier alpha value is -3.22. The molecule has 0 bridgehead atoms. The first kappa shape index (κ1) is 20.1. The number of aliphatic hydroxyl groups excluding tert-OH is 1. The number of nitrogens with two attached hydrogens (primary N) is 1. The summed E-state index contributed by atoms with van der Waals surface area (Å²) in [6, 6.07) is 16.6. The van der Waals surface area contributed by atoms with Crippen molar-refractivity contribution in [2.24, 2.45) is 5.73 Å². The summed E-state index contributed by atoms with van der Waals surface area (Å²) in [6.45, 7) is 2.18. The third-order valence-electron chi connectivity index (χ3n) is 5.21. The van der Waals surface area contributed by atoms with Crippen molar-refractivity contribution in [1.29, 1.82) is 0 Å². The number of carbonyl (C=O) groups is 1. The van der Waals surface area contributed by atoms with Crippen LogP contribution in [0.4, 0.5) is 4.39 Å². The normalized spacial score (nSPS) is 15.1. The standard InChI is InChI=1S/C24H22FNO4/c1-14-21(10-9-19-20(27)11-12-29-22(14)19)30-23(17-3-2-4-18(25)13-17)15-5-7-16(8-6-15)24(26)28/h2-10,13,23-24,28H,11-12,26H2,1H3/t23-,24?/m1/s1. The molecule has 1 aliphatic heterocycles. The van der Waals surface area contributed by atoms with E-state index in [1.165, 1.54) is 12.1 Å². The second kappa shape index (κ2) is 8.26. The number of Topliss-reactive ketones (excluding diaryl/α,β-unsaturated/α-hetero) is 1. The van der Waals surface area contributed by atoms with Crippen molar-refractivity contribution in [3.63, 3.8) is 0 Å². The summed E-state index contributed by atoms with van der Waals surface area (Å²) in [7, 11) is 0. The Bertz CT molecular complexity index is 1080. The van der Waals surface area contributed by atoms with E-state index in [0.717, 1.165) is 11.1 Å². The van der Waals surface area contributed by atoms with E-state index in [9.17, 15) is 14.3 Å². The van der Waals surface area contributed by atoms with Gasteiger partial charge in [0.1, 0.15) is 29.6 Å². The van der Waals surface area contributed by atoms with Crippen LogP contribution in [0.2, 0.25) is 0 Å². The molecule has 4 rings (SSSR count). The largest absolute Gasteiger partial charge is 0.492 e. The molecule has 0 saturated carbocycles. The number of benzene rings is 3. The Morgan fingerprint density at radius 1 is 1.07 bits per heavy atom. The van der Waals surface area contributed by atoms with Gasteiger partial charge >= 0.3 is 0 Å². The number of hydrogen-bond donors (Lipinski definition) is 2. The average Bonchev–Trinajstić information content (AvgIpc) is 2.74. The van der Waals surface area contributed by atoms with Crippen molar-refractivity contribution in [2.75, 3.05) is 6.61 Å². The van der Waals surface area contributed by atoms with Crippen molar-refractivity contribution in [3.05, 3.63) is 94.3 Å². The summed E-state index contributed by atoms with van der Waals surface area (Å²) in [6.07, 6.45) is -1.33. The fraction of sp³-hybridized carbons (Fsp3) is 0.208. The van der Waals surface area contributed by atoms with Crippen LogP contribution in [0.15, 0.2) is 60.7 Å². The highest BCUT2D eigenvalue weighted by atomic mass is 19.1. The summed E-state index contributed by atoms with van der Waals surface area (Å²) >= 11 is 0. The van der Waals surface area contributed by atoms with E-state index in [2.05, 4.69) is 0 Å². The van der Waals surface area contributed by atoms with Crippen molar-refractivity contribution < 1.29 is 23.8 Å². The Kier molecular flexibility index (Phi) is 5.53. The lowest BCUT2D eigenvalue weighted by Crippen LogP contribution is -2.17. The van der Waals surface area contributed by atoms with Crippen LogP contribution in [-0.4, -0.2) is 17.5 Å². The molecule has 0 spiro atoms. The third kappa shape index (κ3) is 3.92. The van der Waals surface area contributed by atoms with Crippen LogP contribution in [0.3, 0.4) is 0 Å². The molecule has 0 amide bonds. The van der Waals surface area contributed by atoms with Gasteiger partial charge in [-0.1, -0.05) is 36.4 Å². The van der Waals surface area contributed by atoms with Crippen LogP contribution in [0.1, 0.15) is 51.4 Å². The lowest BCUT2D eigenvalue weighted by Gasteiger charge is -2.25. The van der Waals surface area contributed by atoms with Crippen molar-refractivity contribution in [3.8, 4) is 11.5 Å². The van der Waals surface area contributed by atoms with E-state index < -0.39 is 12.3 Å².